The van der Waals surface area contributed by atoms with Gasteiger partial charge in [-0.3, -0.25) is 9.59 Å². The Bertz CT molecular complexity index is 396. The second-order valence-corrected chi connectivity index (χ2v) is 3.66. The number of Topliss-reactive ketones (excluding diaryl/α,β-unsaturated/α-hetero) is 2. The van der Waals surface area contributed by atoms with E-state index in [0.29, 0.717) is 17.7 Å². The van der Waals surface area contributed by atoms with Crippen LogP contribution in [0.1, 0.15) is 37.6 Å². The molecule has 0 saturated heterocycles. The maximum absolute atomic E-state index is 11.3. The number of hydrogen-bond acceptors (Lipinski definition) is 3. The second kappa shape index (κ2) is 5.45. The van der Waals surface area contributed by atoms with Crippen LogP contribution in [-0.4, -0.2) is 17.7 Å². The maximum Gasteiger partial charge on any atom is 0.172 e. The van der Waals surface area contributed by atoms with Gasteiger partial charge in [-0.25, -0.2) is 0 Å². The van der Waals surface area contributed by atoms with Crippen molar-refractivity contribution in [1.82, 2.24) is 0 Å². The smallest absolute Gasteiger partial charge is 0.172 e. The van der Waals surface area contributed by atoms with Crippen LogP contribution in [0.3, 0.4) is 0 Å². The molecule has 1 atom stereocenters. The van der Waals surface area contributed by atoms with Crippen LogP contribution in [0, 0.1) is 0 Å². The highest BCUT2D eigenvalue weighted by atomic mass is 16.5. The third kappa shape index (κ3) is 3.19. The molecule has 86 valence electrons. The molecule has 1 aromatic rings. The molecule has 3 nitrogen and oxygen atoms in total. The Balaban J connectivity index is 2.78. The van der Waals surface area contributed by atoms with Gasteiger partial charge in [-0.2, -0.15) is 0 Å². The number of carbonyl (C=O) groups excluding carboxylic acids is 2. The van der Waals surface area contributed by atoms with E-state index in [1.807, 2.05) is 0 Å². The van der Waals surface area contributed by atoms with E-state index in [1.54, 1.807) is 38.1 Å². The zero-order valence-corrected chi connectivity index (χ0v) is 9.82. The molecule has 0 spiro atoms. The van der Waals surface area contributed by atoms with Crippen LogP contribution in [0.25, 0.3) is 0 Å². The third-order valence-electron chi connectivity index (χ3n) is 2.36. The monoisotopic (exact) mass is 220 g/mol. The minimum atomic E-state index is -0.466. The minimum absolute atomic E-state index is 0.0140. The molecule has 0 heterocycles. The van der Waals surface area contributed by atoms with Crippen molar-refractivity contribution >= 4 is 11.6 Å². The third-order valence-corrected chi connectivity index (χ3v) is 2.36. The molecule has 0 N–H and O–H groups in total. The Morgan fingerprint density at radius 1 is 1.38 bits per heavy atom. The zero-order valence-electron chi connectivity index (χ0n) is 9.82. The van der Waals surface area contributed by atoms with Gasteiger partial charge in [-0.15, -0.1) is 0 Å². The Hall–Kier alpha value is -1.64. The fraction of sp³-hybridized carbons (Fsp3) is 0.385. The molecule has 0 radical (unpaired) electrons. The molecule has 16 heavy (non-hydrogen) atoms. The lowest BCUT2D eigenvalue weighted by Crippen LogP contribution is -2.22. The maximum atomic E-state index is 11.3. The molecule has 1 rings (SSSR count). The van der Waals surface area contributed by atoms with E-state index in [2.05, 4.69) is 0 Å². The summed E-state index contributed by atoms with van der Waals surface area (Å²) in [5.74, 6) is 0.593. The van der Waals surface area contributed by atoms with Crippen molar-refractivity contribution in [2.45, 2.75) is 33.3 Å². The first-order chi connectivity index (χ1) is 7.54. The van der Waals surface area contributed by atoms with Gasteiger partial charge in [0.15, 0.2) is 17.7 Å². The van der Waals surface area contributed by atoms with Crippen molar-refractivity contribution < 1.29 is 14.3 Å². The van der Waals surface area contributed by atoms with E-state index in [1.165, 1.54) is 6.92 Å². The zero-order chi connectivity index (χ0) is 12.1. The first kappa shape index (κ1) is 12.4. The summed E-state index contributed by atoms with van der Waals surface area (Å²) in [5, 5.41) is 0. The van der Waals surface area contributed by atoms with Crippen LogP contribution in [0.5, 0.6) is 5.75 Å². The summed E-state index contributed by atoms with van der Waals surface area (Å²) < 4.78 is 5.46. The molecule has 0 aromatic heterocycles. The largest absolute Gasteiger partial charge is 0.483 e. The minimum Gasteiger partial charge on any atom is -0.483 e. The van der Waals surface area contributed by atoms with E-state index in [-0.39, 0.29) is 11.6 Å². The van der Waals surface area contributed by atoms with Crippen molar-refractivity contribution in [2.24, 2.45) is 0 Å². The number of benzene rings is 1. The predicted octanol–water partition coefficient (Wildman–Crippen LogP) is 2.64. The van der Waals surface area contributed by atoms with Crippen molar-refractivity contribution in [2.75, 3.05) is 0 Å². The fourth-order valence-electron chi connectivity index (χ4n) is 1.35. The highest BCUT2D eigenvalue weighted by Gasteiger charge is 2.12. The van der Waals surface area contributed by atoms with Gasteiger partial charge in [0, 0.05) is 12.0 Å². The molecule has 0 aliphatic carbocycles. The van der Waals surface area contributed by atoms with Gasteiger partial charge in [0.05, 0.1) is 0 Å². The number of hydrogen-bond donors (Lipinski definition) is 0. The van der Waals surface area contributed by atoms with Crippen LogP contribution in [0.2, 0.25) is 0 Å². The van der Waals surface area contributed by atoms with Gasteiger partial charge in [0.2, 0.25) is 0 Å². The quantitative estimate of drug-likeness (QED) is 0.716. The fourth-order valence-corrected chi connectivity index (χ4v) is 1.35. The normalized spacial score (nSPS) is 11.9. The number of ether oxygens (including phenoxy) is 1. The van der Waals surface area contributed by atoms with E-state index in [9.17, 15) is 9.59 Å². The molecule has 0 amide bonds. The molecule has 0 fully saturated rings. The van der Waals surface area contributed by atoms with Crippen LogP contribution < -0.4 is 4.74 Å². The van der Waals surface area contributed by atoms with Gasteiger partial charge in [0.25, 0.3) is 0 Å². The molecule has 0 saturated carbocycles. The highest BCUT2D eigenvalue weighted by Crippen LogP contribution is 2.15. The molecular weight excluding hydrogens is 204 g/mol. The summed E-state index contributed by atoms with van der Waals surface area (Å²) in [6, 6.07) is 6.87. The van der Waals surface area contributed by atoms with Gasteiger partial charge >= 0.3 is 0 Å². The predicted molar refractivity (Wildman–Crippen MR) is 61.8 cm³/mol. The molecule has 0 bridgehead atoms. The lowest BCUT2D eigenvalue weighted by molar-refractivity contribution is -0.124. The van der Waals surface area contributed by atoms with Crippen LogP contribution >= 0.6 is 0 Å². The molecule has 1 aromatic carbocycles. The lowest BCUT2D eigenvalue weighted by Gasteiger charge is -2.13. The van der Waals surface area contributed by atoms with Gasteiger partial charge in [-0.05, 0) is 26.0 Å². The van der Waals surface area contributed by atoms with Gasteiger partial charge in [0.1, 0.15) is 5.75 Å². The number of ketones is 2. The first-order valence-corrected chi connectivity index (χ1v) is 5.35. The Morgan fingerprint density at radius 2 is 2.06 bits per heavy atom. The number of carbonyl (C=O) groups is 2. The Morgan fingerprint density at radius 3 is 2.62 bits per heavy atom. The lowest BCUT2D eigenvalue weighted by atomic mass is 10.1. The highest BCUT2D eigenvalue weighted by molar-refractivity contribution is 5.94. The average Bonchev–Trinajstić information content (AvgIpc) is 2.28. The summed E-state index contributed by atoms with van der Waals surface area (Å²) in [4.78, 5) is 22.5. The van der Waals surface area contributed by atoms with E-state index in [0.717, 1.165) is 0 Å². The molecular formula is C13H16O3. The first-order valence-electron chi connectivity index (χ1n) is 5.35. The molecule has 0 aliphatic rings. The second-order valence-electron chi connectivity index (χ2n) is 3.66. The molecule has 3 heteroatoms. The van der Waals surface area contributed by atoms with Crippen LogP contribution in [-0.2, 0) is 4.79 Å². The SMILES string of the molecule is CCC(=O)C(C)Oc1cccc(C(C)=O)c1. The Labute approximate surface area is 95.4 Å². The number of rotatable bonds is 5. The summed E-state index contributed by atoms with van der Waals surface area (Å²) in [6.45, 7) is 5.01. The summed E-state index contributed by atoms with van der Waals surface area (Å²) in [6.07, 6.45) is -0.0136. The Kier molecular flexibility index (Phi) is 4.23. The van der Waals surface area contributed by atoms with Crippen LogP contribution in [0.4, 0.5) is 0 Å². The average molecular weight is 220 g/mol. The topological polar surface area (TPSA) is 43.4 Å². The van der Waals surface area contributed by atoms with Crippen LogP contribution in [0.15, 0.2) is 24.3 Å². The molecule has 0 aliphatic heterocycles. The van der Waals surface area contributed by atoms with E-state index >= 15 is 0 Å². The standard InChI is InChI=1S/C13H16O3/c1-4-13(15)10(3)16-12-7-5-6-11(8-12)9(2)14/h5-8,10H,4H2,1-3H3. The summed E-state index contributed by atoms with van der Waals surface area (Å²) >= 11 is 0. The van der Waals surface area contributed by atoms with Crippen molar-refractivity contribution in [1.29, 1.82) is 0 Å². The molecule has 1 unspecified atom stereocenters. The van der Waals surface area contributed by atoms with Crippen molar-refractivity contribution in [3.8, 4) is 5.75 Å². The van der Waals surface area contributed by atoms with E-state index < -0.39 is 6.10 Å². The van der Waals surface area contributed by atoms with E-state index in [4.69, 9.17) is 4.74 Å². The summed E-state index contributed by atoms with van der Waals surface area (Å²) in [5.41, 5.74) is 0.591. The van der Waals surface area contributed by atoms with Crippen molar-refractivity contribution in [3.63, 3.8) is 0 Å². The van der Waals surface area contributed by atoms with Gasteiger partial charge < -0.3 is 4.74 Å². The van der Waals surface area contributed by atoms with Gasteiger partial charge in [-0.1, -0.05) is 19.1 Å². The summed E-state index contributed by atoms with van der Waals surface area (Å²) in [7, 11) is 0. The van der Waals surface area contributed by atoms with Crippen molar-refractivity contribution in [3.05, 3.63) is 29.8 Å².